The normalized spacial score (nSPS) is 12.8. The summed E-state index contributed by atoms with van der Waals surface area (Å²) in [5.74, 6) is 0.317. The third kappa shape index (κ3) is 6.49. The first-order chi connectivity index (χ1) is 5.70. The average Bonchev–Trinajstić information content (AvgIpc) is 2.02. The molecule has 0 amide bonds. The van der Waals surface area contributed by atoms with Crippen LogP contribution in [0.2, 0.25) is 0 Å². The number of carboxylic acids is 1. The van der Waals surface area contributed by atoms with Crippen molar-refractivity contribution in [1.29, 1.82) is 0 Å². The Kier molecular flexibility index (Phi) is 7.29. The third-order valence-corrected chi connectivity index (χ3v) is 2.37. The summed E-state index contributed by atoms with van der Waals surface area (Å²) in [4.78, 5) is 10.2. The topological polar surface area (TPSA) is 49.3 Å². The van der Waals surface area contributed by atoms with E-state index in [-0.39, 0.29) is 6.42 Å². The van der Waals surface area contributed by atoms with E-state index in [2.05, 4.69) is 18.5 Å². The van der Waals surface area contributed by atoms with Crippen molar-refractivity contribution in [3.63, 3.8) is 0 Å². The molecule has 0 fully saturated rings. The first kappa shape index (κ1) is 11.8. The van der Waals surface area contributed by atoms with Crippen LogP contribution in [0, 0.1) is 0 Å². The Hall–Kier alpha value is -0.220. The van der Waals surface area contributed by atoms with Crippen LogP contribution in [-0.2, 0) is 4.79 Å². The van der Waals surface area contributed by atoms with E-state index in [9.17, 15) is 4.79 Å². The monoisotopic (exact) mass is 191 g/mol. The SMILES string of the molecule is CCC(CSC)NCCC(=O)O. The second-order valence-electron chi connectivity index (χ2n) is 2.66. The van der Waals surface area contributed by atoms with E-state index in [1.165, 1.54) is 0 Å². The molecule has 0 aromatic heterocycles. The molecule has 0 saturated carbocycles. The van der Waals surface area contributed by atoms with E-state index in [4.69, 9.17) is 5.11 Å². The second-order valence-corrected chi connectivity index (χ2v) is 3.57. The Morgan fingerprint density at radius 1 is 1.67 bits per heavy atom. The molecule has 72 valence electrons. The van der Waals surface area contributed by atoms with Crippen LogP contribution in [0.1, 0.15) is 19.8 Å². The van der Waals surface area contributed by atoms with Gasteiger partial charge in [-0.25, -0.2) is 0 Å². The van der Waals surface area contributed by atoms with Gasteiger partial charge in [-0.1, -0.05) is 6.92 Å². The van der Waals surface area contributed by atoms with Crippen LogP contribution in [0.5, 0.6) is 0 Å². The van der Waals surface area contributed by atoms with Crippen molar-refractivity contribution in [2.45, 2.75) is 25.8 Å². The van der Waals surface area contributed by atoms with E-state index >= 15 is 0 Å². The zero-order valence-electron chi connectivity index (χ0n) is 7.67. The van der Waals surface area contributed by atoms with Gasteiger partial charge in [-0.15, -0.1) is 0 Å². The summed E-state index contributed by atoms with van der Waals surface area (Å²) in [6.07, 6.45) is 3.33. The molecule has 1 atom stereocenters. The summed E-state index contributed by atoms with van der Waals surface area (Å²) in [6, 6.07) is 0.458. The van der Waals surface area contributed by atoms with Crippen molar-refractivity contribution in [2.75, 3.05) is 18.6 Å². The maximum atomic E-state index is 10.2. The van der Waals surface area contributed by atoms with Gasteiger partial charge in [0.05, 0.1) is 6.42 Å². The van der Waals surface area contributed by atoms with Gasteiger partial charge in [0.15, 0.2) is 0 Å². The van der Waals surface area contributed by atoms with Gasteiger partial charge in [-0.05, 0) is 12.7 Å². The molecule has 4 heteroatoms. The predicted molar refractivity (Wildman–Crippen MR) is 52.7 cm³/mol. The van der Waals surface area contributed by atoms with Gasteiger partial charge in [0, 0.05) is 18.3 Å². The minimum absolute atomic E-state index is 0.213. The summed E-state index contributed by atoms with van der Waals surface area (Å²) < 4.78 is 0. The van der Waals surface area contributed by atoms with Gasteiger partial charge in [-0.3, -0.25) is 4.79 Å². The molecule has 12 heavy (non-hydrogen) atoms. The molecule has 0 aliphatic heterocycles. The van der Waals surface area contributed by atoms with E-state index in [0.717, 1.165) is 12.2 Å². The third-order valence-electron chi connectivity index (χ3n) is 1.63. The number of hydrogen-bond acceptors (Lipinski definition) is 3. The smallest absolute Gasteiger partial charge is 0.304 e. The minimum Gasteiger partial charge on any atom is -0.481 e. The molecule has 0 aromatic carbocycles. The molecular weight excluding hydrogens is 174 g/mol. The molecule has 1 unspecified atom stereocenters. The predicted octanol–water partition coefficient (Wildman–Crippen LogP) is 1.19. The van der Waals surface area contributed by atoms with Gasteiger partial charge in [-0.2, -0.15) is 11.8 Å². The summed E-state index contributed by atoms with van der Waals surface area (Å²) in [7, 11) is 0. The number of nitrogens with one attached hydrogen (secondary N) is 1. The Labute approximate surface area is 77.9 Å². The van der Waals surface area contributed by atoms with Crippen molar-refractivity contribution in [1.82, 2.24) is 5.32 Å². The van der Waals surface area contributed by atoms with Crippen LogP contribution in [0.15, 0.2) is 0 Å². The van der Waals surface area contributed by atoms with Crippen LogP contribution in [0.4, 0.5) is 0 Å². The lowest BCUT2D eigenvalue weighted by atomic mass is 10.2. The lowest BCUT2D eigenvalue weighted by Crippen LogP contribution is -2.32. The summed E-state index contributed by atoms with van der Waals surface area (Å²) >= 11 is 1.78. The van der Waals surface area contributed by atoms with E-state index in [1.54, 1.807) is 11.8 Å². The molecule has 0 radical (unpaired) electrons. The first-order valence-electron chi connectivity index (χ1n) is 4.14. The lowest BCUT2D eigenvalue weighted by molar-refractivity contribution is -0.136. The highest BCUT2D eigenvalue weighted by Crippen LogP contribution is 2.00. The number of rotatable bonds is 7. The summed E-state index contributed by atoms with van der Waals surface area (Å²) in [5, 5.41) is 11.6. The van der Waals surface area contributed by atoms with E-state index < -0.39 is 5.97 Å². The number of thioether (sulfide) groups is 1. The quantitative estimate of drug-likeness (QED) is 0.634. The number of carboxylic acid groups (broad SMARTS) is 1. The largest absolute Gasteiger partial charge is 0.481 e. The molecule has 3 nitrogen and oxygen atoms in total. The van der Waals surface area contributed by atoms with Crippen LogP contribution in [0.3, 0.4) is 0 Å². The molecular formula is C8H17NO2S. The van der Waals surface area contributed by atoms with E-state index in [1.807, 2.05) is 0 Å². The van der Waals surface area contributed by atoms with E-state index in [0.29, 0.717) is 12.6 Å². The average molecular weight is 191 g/mol. The van der Waals surface area contributed by atoms with Gasteiger partial charge in [0.2, 0.25) is 0 Å². The van der Waals surface area contributed by atoms with Crippen molar-refractivity contribution in [3.8, 4) is 0 Å². The highest BCUT2D eigenvalue weighted by molar-refractivity contribution is 7.98. The molecule has 0 rings (SSSR count). The van der Waals surface area contributed by atoms with Gasteiger partial charge < -0.3 is 10.4 Å². The molecule has 0 spiro atoms. The molecule has 0 aromatic rings. The molecule has 0 heterocycles. The number of carbonyl (C=O) groups is 1. The first-order valence-corrected chi connectivity index (χ1v) is 5.54. The van der Waals surface area contributed by atoms with Crippen molar-refractivity contribution < 1.29 is 9.90 Å². The lowest BCUT2D eigenvalue weighted by Gasteiger charge is -2.14. The van der Waals surface area contributed by atoms with Crippen molar-refractivity contribution >= 4 is 17.7 Å². The Balaban J connectivity index is 3.37. The zero-order chi connectivity index (χ0) is 9.40. The summed E-state index contributed by atoms with van der Waals surface area (Å²) in [6.45, 7) is 2.68. The fraction of sp³-hybridized carbons (Fsp3) is 0.875. The molecule has 0 aliphatic rings. The Morgan fingerprint density at radius 3 is 2.75 bits per heavy atom. The van der Waals surface area contributed by atoms with Crippen LogP contribution >= 0.6 is 11.8 Å². The molecule has 0 aliphatic carbocycles. The second kappa shape index (κ2) is 7.43. The molecule has 0 bridgehead atoms. The van der Waals surface area contributed by atoms with Gasteiger partial charge in [0.25, 0.3) is 0 Å². The fourth-order valence-corrected chi connectivity index (χ4v) is 1.66. The maximum absolute atomic E-state index is 10.2. The highest BCUT2D eigenvalue weighted by atomic mass is 32.2. The molecule has 2 N–H and O–H groups in total. The Bertz CT molecular complexity index is 130. The fourth-order valence-electron chi connectivity index (χ4n) is 0.906. The van der Waals surface area contributed by atoms with Crippen molar-refractivity contribution in [3.05, 3.63) is 0 Å². The summed E-state index contributed by atoms with van der Waals surface area (Å²) in [5.41, 5.74) is 0. The number of hydrogen-bond donors (Lipinski definition) is 2. The van der Waals surface area contributed by atoms with Gasteiger partial charge >= 0.3 is 5.97 Å². The highest BCUT2D eigenvalue weighted by Gasteiger charge is 2.04. The standard InChI is InChI=1S/C8H17NO2S/c1-3-7(6-12-2)9-5-4-8(10)11/h7,9H,3-6H2,1-2H3,(H,10,11). The van der Waals surface area contributed by atoms with Gasteiger partial charge in [0.1, 0.15) is 0 Å². The maximum Gasteiger partial charge on any atom is 0.304 e. The Morgan fingerprint density at radius 2 is 2.33 bits per heavy atom. The van der Waals surface area contributed by atoms with Crippen LogP contribution in [-0.4, -0.2) is 35.7 Å². The number of aliphatic carboxylic acids is 1. The van der Waals surface area contributed by atoms with Crippen molar-refractivity contribution in [2.24, 2.45) is 0 Å². The molecule has 0 saturated heterocycles. The zero-order valence-corrected chi connectivity index (χ0v) is 8.49. The minimum atomic E-state index is -0.735. The van der Waals surface area contributed by atoms with Crippen LogP contribution < -0.4 is 5.32 Å². The van der Waals surface area contributed by atoms with Crippen LogP contribution in [0.25, 0.3) is 0 Å².